The van der Waals surface area contributed by atoms with E-state index in [0.717, 1.165) is 11.3 Å². The number of anilines is 1. The van der Waals surface area contributed by atoms with Crippen LogP contribution in [0.2, 0.25) is 0 Å². The van der Waals surface area contributed by atoms with Gasteiger partial charge in [0.2, 0.25) is 11.6 Å². The zero-order valence-electron chi connectivity index (χ0n) is 18.2. The van der Waals surface area contributed by atoms with Gasteiger partial charge in [-0.25, -0.2) is 0 Å². The minimum absolute atomic E-state index is 0.0645. The SMILES string of the molecule is COc1cc([N+](=O)[O-])cc2c1OC1(C=C2)N(CC(=O)N(C)C)c2ccccc2C1(C)C. The normalized spacial score (nSPS) is 20.1. The van der Waals surface area contributed by atoms with Crippen LogP contribution in [-0.2, 0) is 10.2 Å². The topological polar surface area (TPSA) is 85.1 Å². The number of hydrogen-bond acceptors (Lipinski definition) is 6. The molecule has 162 valence electrons. The molecular formula is C23H25N3O5. The number of para-hydroxylation sites is 1. The quantitative estimate of drug-likeness (QED) is 0.552. The maximum atomic E-state index is 12.7. The second-order valence-corrected chi connectivity index (χ2v) is 8.47. The zero-order chi connectivity index (χ0) is 22.6. The first-order valence-electron chi connectivity index (χ1n) is 9.94. The molecule has 0 bridgehead atoms. The Balaban J connectivity index is 1.90. The van der Waals surface area contributed by atoms with Crippen molar-refractivity contribution < 1.29 is 19.2 Å². The number of hydrogen-bond donors (Lipinski definition) is 0. The monoisotopic (exact) mass is 423 g/mol. The van der Waals surface area contributed by atoms with E-state index in [1.54, 1.807) is 19.0 Å². The average molecular weight is 423 g/mol. The Hall–Kier alpha value is -3.55. The number of nitrogens with zero attached hydrogens (tertiary/aromatic N) is 3. The first-order valence-corrected chi connectivity index (χ1v) is 9.94. The molecule has 0 saturated carbocycles. The highest BCUT2D eigenvalue weighted by atomic mass is 16.6. The van der Waals surface area contributed by atoms with Gasteiger partial charge in [-0.1, -0.05) is 18.2 Å². The summed E-state index contributed by atoms with van der Waals surface area (Å²) < 4.78 is 12.1. The third-order valence-corrected chi connectivity index (χ3v) is 6.20. The summed E-state index contributed by atoms with van der Waals surface area (Å²) in [5.41, 5.74) is 0.901. The van der Waals surface area contributed by atoms with E-state index in [0.29, 0.717) is 11.3 Å². The van der Waals surface area contributed by atoms with E-state index in [-0.39, 0.29) is 23.9 Å². The lowest BCUT2D eigenvalue weighted by molar-refractivity contribution is -0.385. The molecule has 0 radical (unpaired) electrons. The minimum atomic E-state index is -1.02. The van der Waals surface area contributed by atoms with Gasteiger partial charge >= 0.3 is 0 Å². The van der Waals surface area contributed by atoms with Crippen molar-refractivity contribution in [2.24, 2.45) is 0 Å². The van der Waals surface area contributed by atoms with Gasteiger partial charge in [-0.05, 0) is 37.6 Å². The van der Waals surface area contributed by atoms with Gasteiger partial charge in [0.15, 0.2) is 11.5 Å². The summed E-state index contributed by atoms with van der Waals surface area (Å²) in [6, 6.07) is 10.7. The van der Waals surface area contributed by atoms with Crippen molar-refractivity contribution in [2.45, 2.75) is 25.0 Å². The summed E-state index contributed by atoms with van der Waals surface area (Å²) in [5, 5.41) is 11.3. The van der Waals surface area contributed by atoms with E-state index in [1.165, 1.54) is 19.2 Å². The van der Waals surface area contributed by atoms with Gasteiger partial charge in [0.25, 0.3) is 5.69 Å². The fraction of sp³-hybridized carbons (Fsp3) is 0.348. The minimum Gasteiger partial charge on any atom is -0.493 e. The van der Waals surface area contributed by atoms with E-state index in [4.69, 9.17) is 9.47 Å². The van der Waals surface area contributed by atoms with Crippen LogP contribution < -0.4 is 14.4 Å². The maximum absolute atomic E-state index is 12.7. The number of rotatable bonds is 4. The fourth-order valence-corrected chi connectivity index (χ4v) is 4.40. The Morgan fingerprint density at radius 1 is 1.26 bits per heavy atom. The Morgan fingerprint density at radius 2 is 1.97 bits per heavy atom. The Morgan fingerprint density at radius 3 is 2.61 bits per heavy atom. The summed E-state index contributed by atoms with van der Waals surface area (Å²) in [5.74, 6) is 0.627. The predicted molar refractivity (Wildman–Crippen MR) is 118 cm³/mol. The molecule has 0 aromatic heterocycles. The molecule has 0 N–H and O–H groups in total. The van der Waals surface area contributed by atoms with Crippen molar-refractivity contribution in [3.8, 4) is 11.5 Å². The Kier molecular flexibility index (Phi) is 4.68. The van der Waals surface area contributed by atoms with E-state index in [1.807, 2.05) is 41.3 Å². The molecular weight excluding hydrogens is 398 g/mol. The van der Waals surface area contributed by atoms with E-state index in [9.17, 15) is 14.9 Å². The van der Waals surface area contributed by atoms with Crippen LogP contribution >= 0.6 is 0 Å². The van der Waals surface area contributed by atoms with Gasteiger partial charge < -0.3 is 19.3 Å². The molecule has 8 heteroatoms. The van der Waals surface area contributed by atoms with Crippen LogP contribution in [0.1, 0.15) is 25.0 Å². The van der Waals surface area contributed by atoms with Crippen LogP contribution in [0.15, 0.2) is 42.5 Å². The van der Waals surface area contributed by atoms with Crippen LogP contribution in [0, 0.1) is 10.1 Å². The lowest BCUT2D eigenvalue weighted by atomic mass is 9.76. The number of amides is 1. The van der Waals surface area contributed by atoms with Gasteiger partial charge in [-0.2, -0.15) is 0 Å². The van der Waals surface area contributed by atoms with Crippen molar-refractivity contribution in [3.63, 3.8) is 0 Å². The molecule has 8 nitrogen and oxygen atoms in total. The van der Waals surface area contributed by atoms with Crippen molar-refractivity contribution in [2.75, 3.05) is 32.6 Å². The third kappa shape index (κ3) is 2.93. The molecule has 1 atom stereocenters. The smallest absolute Gasteiger partial charge is 0.274 e. The number of nitro groups is 1. The molecule has 2 heterocycles. The highest BCUT2D eigenvalue weighted by Gasteiger charge is 2.59. The van der Waals surface area contributed by atoms with Gasteiger partial charge in [0.1, 0.15) is 6.54 Å². The Bertz CT molecular complexity index is 1110. The number of ether oxygens (including phenoxy) is 2. The highest BCUT2D eigenvalue weighted by Crippen LogP contribution is 2.56. The van der Waals surface area contributed by atoms with Crippen LogP contribution in [-0.4, -0.2) is 49.2 Å². The molecule has 1 spiro atoms. The van der Waals surface area contributed by atoms with Crippen LogP contribution in [0.25, 0.3) is 6.08 Å². The summed E-state index contributed by atoms with van der Waals surface area (Å²) in [7, 11) is 4.89. The average Bonchev–Trinajstić information content (AvgIpc) is 2.91. The molecule has 1 amide bonds. The largest absolute Gasteiger partial charge is 0.493 e. The molecule has 1 unspecified atom stereocenters. The molecule has 2 aromatic rings. The molecule has 4 rings (SSSR count). The number of non-ortho nitro benzene ring substituents is 1. The van der Waals surface area contributed by atoms with Gasteiger partial charge in [0, 0.05) is 31.4 Å². The highest BCUT2D eigenvalue weighted by molar-refractivity contribution is 5.85. The number of nitro benzene ring substituents is 1. The first kappa shape index (κ1) is 20.7. The third-order valence-electron chi connectivity index (χ3n) is 6.20. The van der Waals surface area contributed by atoms with Gasteiger partial charge in [0.05, 0.1) is 23.5 Å². The number of methoxy groups -OCH3 is 1. The number of benzene rings is 2. The molecule has 31 heavy (non-hydrogen) atoms. The maximum Gasteiger partial charge on any atom is 0.274 e. The van der Waals surface area contributed by atoms with E-state index in [2.05, 4.69) is 13.8 Å². The second-order valence-electron chi connectivity index (χ2n) is 8.47. The van der Waals surface area contributed by atoms with Crippen LogP contribution in [0.4, 0.5) is 11.4 Å². The number of carbonyl (C=O) groups excluding carboxylic acids is 1. The van der Waals surface area contributed by atoms with Crippen molar-refractivity contribution >= 4 is 23.4 Å². The number of carbonyl (C=O) groups is 1. The zero-order valence-corrected chi connectivity index (χ0v) is 18.2. The molecule has 0 fully saturated rings. The van der Waals surface area contributed by atoms with Crippen molar-refractivity contribution in [3.05, 3.63) is 63.7 Å². The molecule has 0 aliphatic carbocycles. The van der Waals surface area contributed by atoms with Crippen LogP contribution in [0.3, 0.4) is 0 Å². The number of fused-ring (bicyclic) bond motifs is 2. The Labute approximate surface area is 180 Å². The molecule has 2 aromatic carbocycles. The lowest BCUT2D eigenvalue weighted by Crippen LogP contribution is -2.61. The summed E-state index contributed by atoms with van der Waals surface area (Å²) in [6.07, 6.45) is 3.70. The first-order chi connectivity index (χ1) is 14.6. The van der Waals surface area contributed by atoms with Crippen LogP contribution in [0.5, 0.6) is 11.5 Å². The molecule has 2 aliphatic heterocycles. The molecule has 0 saturated heterocycles. The summed E-state index contributed by atoms with van der Waals surface area (Å²) in [6.45, 7) is 4.25. The van der Waals surface area contributed by atoms with Gasteiger partial charge in [-0.15, -0.1) is 0 Å². The lowest BCUT2D eigenvalue weighted by Gasteiger charge is -2.47. The van der Waals surface area contributed by atoms with Crippen molar-refractivity contribution in [1.82, 2.24) is 4.90 Å². The second kappa shape index (κ2) is 7.01. The van der Waals surface area contributed by atoms with E-state index >= 15 is 0 Å². The fourth-order valence-electron chi connectivity index (χ4n) is 4.40. The standard InChI is InChI=1S/C23H25N3O5/c1-22(2)17-8-6-7-9-18(17)25(14-20(27)24(3)4)23(22)11-10-15-12-16(26(28)29)13-19(30-5)21(15)31-23/h6-13H,14H2,1-5H3. The van der Waals surface area contributed by atoms with E-state index < -0.39 is 16.1 Å². The molecule has 2 aliphatic rings. The van der Waals surface area contributed by atoms with Crippen molar-refractivity contribution in [1.29, 1.82) is 0 Å². The predicted octanol–water partition coefficient (Wildman–Crippen LogP) is 3.59. The van der Waals surface area contributed by atoms with Gasteiger partial charge in [-0.3, -0.25) is 14.9 Å². The summed E-state index contributed by atoms with van der Waals surface area (Å²) >= 11 is 0. The summed E-state index contributed by atoms with van der Waals surface area (Å²) in [4.78, 5) is 27.1. The number of likely N-dealkylation sites (N-methyl/N-ethyl adjacent to an activating group) is 1.